The number of amides is 2. The van der Waals surface area contributed by atoms with E-state index in [0.29, 0.717) is 49.5 Å². The number of rotatable bonds is 13. The smallest absolute Gasteiger partial charge is 0.269 e. The van der Waals surface area contributed by atoms with Gasteiger partial charge >= 0.3 is 0 Å². The summed E-state index contributed by atoms with van der Waals surface area (Å²) < 4.78 is 10.7. The summed E-state index contributed by atoms with van der Waals surface area (Å²) in [5.41, 5.74) is 1.21. The van der Waals surface area contributed by atoms with Crippen molar-refractivity contribution < 1.29 is 24.0 Å². The standard InChI is InChI=1S/C27H31N3O6S/c1-4-14-29(27(32)21-8-10-22(11-9-21)30(33)34)19-26(31)28(18-23-6-5-16-37-23)15-13-20-7-12-24(35-2)25(17-20)36-3/h5-12,16-17H,4,13-15,18-19H2,1-3H3. The molecule has 0 saturated carbocycles. The molecular formula is C27H31N3O6S. The van der Waals surface area contributed by atoms with Crippen molar-refractivity contribution in [3.05, 3.63) is 86.1 Å². The Morgan fingerprint density at radius 2 is 1.70 bits per heavy atom. The van der Waals surface area contributed by atoms with Crippen molar-refractivity contribution in [3.63, 3.8) is 0 Å². The lowest BCUT2D eigenvalue weighted by molar-refractivity contribution is -0.384. The molecule has 196 valence electrons. The molecule has 10 heteroatoms. The Morgan fingerprint density at radius 1 is 0.973 bits per heavy atom. The maximum atomic E-state index is 13.5. The molecule has 0 N–H and O–H groups in total. The Labute approximate surface area is 220 Å². The summed E-state index contributed by atoms with van der Waals surface area (Å²) in [6, 6.07) is 15.0. The van der Waals surface area contributed by atoms with Gasteiger partial charge < -0.3 is 19.3 Å². The van der Waals surface area contributed by atoms with Crippen LogP contribution in [0, 0.1) is 10.1 Å². The molecule has 0 unspecified atom stereocenters. The summed E-state index contributed by atoms with van der Waals surface area (Å²) in [4.78, 5) is 41.4. The van der Waals surface area contributed by atoms with Gasteiger partial charge in [0.15, 0.2) is 11.5 Å². The first-order valence-electron chi connectivity index (χ1n) is 11.9. The number of nitrogens with zero attached hydrogens (tertiary/aromatic N) is 3. The maximum Gasteiger partial charge on any atom is 0.269 e. The van der Waals surface area contributed by atoms with E-state index >= 15 is 0 Å². The minimum Gasteiger partial charge on any atom is -0.493 e. The minimum atomic E-state index is -0.511. The number of ether oxygens (including phenoxy) is 2. The summed E-state index contributed by atoms with van der Waals surface area (Å²) in [7, 11) is 3.16. The molecule has 1 aromatic heterocycles. The highest BCUT2D eigenvalue weighted by Crippen LogP contribution is 2.28. The van der Waals surface area contributed by atoms with Crippen LogP contribution in [0.5, 0.6) is 11.5 Å². The van der Waals surface area contributed by atoms with Crippen molar-refractivity contribution in [1.29, 1.82) is 0 Å². The van der Waals surface area contributed by atoms with Crippen molar-refractivity contribution in [2.24, 2.45) is 0 Å². The van der Waals surface area contributed by atoms with Crippen molar-refractivity contribution in [2.75, 3.05) is 33.9 Å². The monoisotopic (exact) mass is 525 g/mol. The number of non-ortho nitro benzene ring substituents is 1. The van der Waals surface area contributed by atoms with Crippen molar-refractivity contribution >= 4 is 28.8 Å². The van der Waals surface area contributed by atoms with E-state index in [0.717, 1.165) is 10.4 Å². The Bertz CT molecular complexity index is 1200. The van der Waals surface area contributed by atoms with Crippen LogP contribution in [0.4, 0.5) is 5.69 Å². The number of carbonyl (C=O) groups is 2. The maximum absolute atomic E-state index is 13.5. The second-order valence-corrected chi connectivity index (χ2v) is 9.40. The van der Waals surface area contributed by atoms with Gasteiger partial charge in [-0.05, 0) is 54.1 Å². The summed E-state index contributed by atoms with van der Waals surface area (Å²) in [6.07, 6.45) is 1.27. The summed E-state index contributed by atoms with van der Waals surface area (Å²) in [5, 5.41) is 12.9. The molecule has 37 heavy (non-hydrogen) atoms. The fourth-order valence-electron chi connectivity index (χ4n) is 3.88. The highest BCUT2D eigenvalue weighted by molar-refractivity contribution is 7.09. The van der Waals surface area contributed by atoms with Crippen LogP contribution in [-0.2, 0) is 17.8 Å². The molecule has 0 aliphatic carbocycles. The highest BCUT2D eigenvalue weighted by atomic mass is 32.1. The van der Waals surface area contributed by atoms with Gasteiger partial charge in [0.25, 0.3) is 11.6 Å². The van der Waals surface area contributed by atoms with Crippen LogP contribution in [-0.4, -0.2) is 60.4 Å². The van der Waals surface area contributed by atoms with Crippen LogP contribution in [0.25, 0.3) is 0 Å². The number of nitro groups is 1. The average Bonchev–Trinajstić information content (AvgIpc) is 3.43. The fraction of sp³-hybridized carbons (Fsp3) is 0.333. The second-order valence-electron chi connectivity index (χ2n) is 8.36. The number of benzene rings is 2. The summed E-state index contributed by atoms with van der Waals surface area (Å²) >= 11 is 1.57. The fourth-order valence-corrected chi connectivity index (χ4v) is 4.60. The third-order valence-electron chi connectivity index (χ3n) is 5.83. The number of methoxy groups -OCH3 is 2. The molecule has 0 spiro atoms. The van der Waals surface area contributed by atoms with Gasteiger partial charge in [0.2, 0.25) is 5.91 Å². The number of thiophene rings is 1. The molecule has 3 rings (SSSR count). The van der Waals surface area contributed by atoms with Crippen molar-refractivity contribution in [3.8, 4) is 11.5 Å². The van der Waals surface area contributed by atoms with E-state index in [4.69, 9.17) is 9.47 Å². The van der Waals surface area contributed by atoms with Crippen LogP contribution in [0.2, 0.25) is 0 Å². The Morgan fingerprint density at radius 3 is 2.30 bits per heavy atom. The number of hydrogen-bond donors (Lipinski definition) is 0. The number of nitro benzene ring substituents is 1. The van der Waals surface area contributed by atoms with Gasteiger partial charge in [0, 0.05) is 35.7 Å². The predicted molar refractivity (Wildman–Crippen MR) is 142 cm³/mol. The van der Waals surface area contributed by atoms with Crippen LogP contribution in [0.15, 0.2) is 60.0 Å². The lowest BCUT2D eigenvalue weighted by atomic mass is 10.1. The van der Waals surface area contributed by atoms with Crippen LogP contribution < -0.4 is 9.47 Å². The van der Waals surface area contributed by atoms with E-state index in [1.807, 2.05) is 42.6 Å². The quantitative estimate of drug-likeness (QED) is 0.235. The van der Waals surface area contributed by atoms with Gasteiger partial charge in [-0.2, -0.15) is 0 Å². The average molecular weight is 526 g/mol. The van der Waals surface area contributed by atoms with E-state index in [1.165, 1.54) is 29.2 Å². The highest BCUT2D eigenvalue weighted by Gasteiger charge is 2.23. The van der Waals surface area contributed by atoms with Gasteiger partial charge in [0.05, 0.1) is 25.7 Å². The van der Waals surface area contributed by atoms with E-state index in [-0.39, 0.29) is 24.0 Å². The first-order chi connectivity index (χ1) is 17.9. The van der Waals surface area contributed by atoms with Crippen molar-refractivity contribution in [2.45, 2.75) is 26.3 Å². The van der Waals surface area contributed by atoms with Gasteiger partial charge in [-0.15, -0.1) is 11.3 Å². The zero-order valence-electron chi connectivity index (χ0n) is 21.2. The van der Waals surface area contributed by atoms with E-state index in [2.05, 4.69) is 0 Å². The molecule has 1 heterocycles. The molecule has 9 nitrogen and oxygen atoms in total. The van der Waals surface area contributed by atoms with Crippen molar-refractivity contribution in [1.82, 2.24) is 9.80 Å². The molecule has 0 fully saturated rings. The zero-order chi connectivity index (χ0) is 26.8. The first-order valence-corrected chi connectivity index (χ1v) is 12.8. The SMILES string of the molecule is CCCN(CC(=O)N(CCc1ccc(OC)c(OC)c1)Cc1cccs1)C(=O)c1ccc([N+](=O)[O-])cc1. The third kappa shape index (κ3) is 7.53. The lowest BCUT2D eigenvalue weighted by Gasteiger charge is -2.27. The van der Waals surface area contributed by atoms with Gasteiger partial charge in [-0.1, -0.05) is 19.1 Å². The van der Waals surface area contributed by atoms with E-state index in [1.54, 1.807) is 30.5 Å². The van der Waals surface area contributed by atoms with Gasteiger partial charge in [0.1, 0.15) is 6.54 Å². The first kappa shape index (κ1) is 27.7. The molecule has 3 aromatic rings. The molecule has 0 aliphatic rings. The third-order valence-corrected chi connectivity index (χ3v) is 6.69. The molecule has 0 bridgehead atoms. The van der Waals surface area contributed by atoms with Crippen LogP contribution >= 0.6 is 11.3 Å². The summed E-state index contributed by atoms with van der Waals surface area (Å²) in [6.45, 7) is 3.14. The Balaban J connectivity index is 1.76. The lowest BCUT2D eigenvalue weighted by Crippen LogP contribution is -2.43. The van der Waals surface area contributed by atoms with Crippen LogP contribution in [0.1, 0.15) is 34.1 Å². The molecule has 0 aliphatic heterocycles. The molecule has 0 atom stereocenters. The van der Waals surface area contributed by atoms with Crippen LogP contribution in [0.3, 0.4) is 0 Å². The molecular weight excluding hydrogens is 494 g/mol. The Hall–Kier alpha value is -3.92. The van der Waals surface area contributed by atoms with E-state index < -0.39 is 4.92 Å². The Kier molecular flexibility index (Phi) is 10.0. The molecule has 0 saturated heterocycles. The van der Waals surface area contributed by atoms with E-state index in [9.17, 15) is 19.7 Å². The predicted octanol–water partition coefficient (Wildman–Crippen LogP) is 4.80. The molecule has 2 amide bonds. The summed E-state index contributed by atoms with van der Waals surface area (Å²) in [5.74, 6) is 0.760. The largest absolute Gasteiger partial charge is 0.493 e. The minimum absolute atomic E-state index is 0.0824. The zero-order valence-corrected chi connectivity index (χ0v) is 22.0. The molecule has 0 radical (unpaired) electrons. The van der Waals surface area contributed by atoms with Gasteiger partial charge in [-0.3, -0.25) is 19.7 Å². The van der Waals surface area contributed by atoms with Gasteiger partial charge in [-0.25, -0.2) is 0 Å². The topological polar surface area (TPSA) is 102 Å². The number of carbonyl (C=O) groups excluding carboxylic acids is 2. The molecule has 2 aromatic carbocycles. The normalized spacial score (nSPS) is 10.6. The number of hydrogen-bond acceptors (Lipinski definition) is 7. The second kappa shape index (κ2) is 13.4.